The smallest absolute Gasteiger partial charge is 0.260 e. The molecule has 3 aliphatic rings. The fourth-order valence-corrected chi connectivity index (χ4v) is 5.89. The minimum atomic E-state index is -0.0227. The minimum Gasteiger partial charge on any atom is -0.482 e. The molecule has 4 rings (SSSR count). The highest BCUT2D eigenvalue weighted by Gasteiger charge is 2.60. The average molecular weight is 391 g/mol. The quantitative estimate of drug-likeness (QED) is 0.793. The Balaban J connectivity index is 1.56. The van der Waals surface area contributed by atoms with Crippen molar-refractivity contribution >= 4 is 23.4 Å². The van der Waals surface area contributed by atoms with Crippen molar-refractivity contribution in [3.63, 3.8) is 0 Å². The van der Waals surface area contributed by atoms with Crippen LogP contribution >= 0.6 is 11.6 Å². The summed E-state index contributed by atoms with van der Waals surface area (Å²) in [5, 5.41) is 0.508. The lowest BCUT2D eigenvalue weighted by molar-refractivity contribution is -0.141. The van der Waals surface area contributed by atoms with Gasteiger partial charge in [0.2, 0.25) is 5.91 Å². The first-order valence-electron chi connectivity index (χ1n) is 9.87. The Kier molecular flexibility index (Phi) is 4.83. The highest BCUT2D eigenvalue weighted by molar-refractivity contribution is 6.32. The number of ether oxygens (including phenoxy) is 1. The summed E-state index contributed by atoms with van der Waals surface area (Å²) in [5.41, 5.74) is -0.0227. The highest BCUT2D eigenvalue weighted by atomic mass is 35.5. The highest BCUT2D eigenvalue weighted by Crippen LogP contribution is 2.53. The van der Waals surface area contributed by atoms with Crippen molar-refractivity contribution in [3.05, 3.63) is 29.3 Å². The molecule has 4 atom stereocenters. The van der Waals surface area contributed by atoms with Crippen LogP contribution in [0.3, 0.4) is 0 Å². The zero-order chi connectivity index (χ0) is 19.2. The third kappa shape index (κ3) is 3.10. The molecule has 6 heteroatoms. The number of para-hydroxylation sites is 1. The van der Waals surface area contributed by atoms with Crippen LogP contribution in [0, 0.1) is 5.41 Å². The molecule has 2 amide bonds. The van der Waals surface area contributed by atoms with Crippen molar-refractivity contribution in [2.75, 3.05) is 13.2 Å². The lowest BCUT2D eigenvalue weighted by Gasteiger charge is -2.46. The zero-order valence-electron chi connectivity index (χ0n) is 16.0. The number of carbonyl (C=O) groups is 2. The molecular formula is C21H27ClN2O3. The van der Waals surface area contributed by atoms with E-state index in [9.17, 15) is 9.59 Å². The monoisotopic (exact) mass is 390 g/mol. The summed E-state index contributed by atoms with van der Waals surface area (Å²) in [5.74, 6) is 0.653. The number of rotatable bonds is 3. The fourth-order valence-electron chi connectivity index (χ4n) is 5.70. The van der Waals surface area contributed by atoms with E-state index in [0.29, 0.717) is 17.3 Å². The number of likely N-dealkylation sites (tertiary alicyclic amines) is 2. The SMILES string of the molecule is CC(=O)N1[C@@H]2CN(C(=O)COc3ccccc3Cl)[C@@H]3CCCC[C@H]1[C@]3(C)C2. The number of piperidine rings is 1. The predicted octanol–water partition coefficient (Wildman–Crippen LogP) is 3.50. The van der Waals surface area contributed by atoms with Crippen LogP contribution < -0.4 is 4.74 Å². The number of amides is 2. The molecule has 2 saturated heterocycles. The second kappa shape index (κ2) is 7.01. The molecule has 1 saturated carbocycles. The lowest BCUT2D eigenvalue weighted by Crippen LogP contribution is -2.56. The zero-order valence-corrected chi connectivity index (χ0v) is 16.7. The van der Waals surface area contributed by atoms with Gasteiger partial charge in [0.15, 0.2) is 6.61 Å². The lowest BCUT2D eigenvalue weighted by atomic mass is 9.71. The van der Waals surface area contributed by atoms with E-state index >= 15 is 0 Å². The van der Waals surface area contributed by atoms with E-state index < -0.39 is 0 Å². The van der Waals surface area contributed by atoms with Gasteiger partial charge in [-0.15, -0.1) is 0 Å². The number of hydrogen-bond acceptors (Lipinski definition) is 3. The van der Waals surface area contributed by atoms with E-state index in [1.165, 1.54) is 0 Å². The van der Waals surface area contributed by atoms with Gasteiger partial charge >= 0.3 is 0 Å². The standard InChI is InChI=1S/C21H27ClN2O3/c1-14(25)24-15-11-21(2)18(9-5-6-10-19(21)24)23(12-15)20(26)13-27-17-8-4-3-7-16(17)22/h3-4,7-8,15,18-19H,5-6,9-13H2,1-2H3/t15-,18+,19-,21+/m0/s1. The summed E-state index contributed by atoms with van der Waals surface area (Å²) >= 11 is 6.14. The van der Waals surface area contributed by atoms with E-state index in [2.05, 4.69) is 11.8 Å². The topological polar surface area (TPSA) is 49.9 Å². The first kappa shape index (κ1) is 18.6. The molecule has 146 valence electrons. The molecule has 2 heterocycles. The van der Waals surface area contributed by atoms with Crippen LogP contribution in [0.25, 0.3) is 0 Å². The van der Waals surface area contributed by atoms with Crippen molar-refractivity contribution in [1.82, 2.24) is 9.80 Å². The molecule has 2 aliphatic heterocycles. The summed E-state index contributed by atoms with van der Waals surface area (Å²) < 4.78 is 5.72. The molecule has 5 nitrogen and oxygen atoms in total. The number of halogens is 1. The van der Waals surface area contributed by atoms with E-state index in [1.807, 2.05) is 17.0 Å². The number of fused-ring (bicyclic) bond motifs is 1. The number of benzene rings is 1. The van der Waals surface area contributed by atoms with Gasteiger partial charge in [-0.25, -0.2) is 0 Å². The van der Waals surface area contributed by atoms with Gasteiger partial charge in [-0.3, -0.25) is 9.59 Å². The van der Waals surface area contributed by atoms with Crippen LogP contribution in [0.1, 0.15) is 46.0 Å². The molecule has 3 fully saturated rings. The van der Waals surface area contributed by atoms with Crippen molar-refractivity contribution in [1.29, 1.82) is 0 Å². The van der Waals surface area contributed by atoms with Crippen LogP contribution in [0.5, 0.6) is 5.75 Å². The summed E-state index contributed by atoms with van der Waals surface area (Å²) in [7, 11) is 0. The van der Waals surface area contributed by atoms with E-state index in [-0.39, 0.29) is 42.0 Å². The van der Waals surface area contributed by atoms with E-state index in [0.717, 1.165) is 32.1 Å². The largest absolute Gasteiger partial charge is 0.482 e. The summed E-state index contributed by atoms with van der Waals surface area (Å²) in [6, 6.07) is 7.75. The molecule has 0 N–H and O–H groups in total. The van der Waals surface area contributed by atoms with Crippen molar-refractivity contribution in [3.8, 4) is 5.75 Å². The fraction of sp³-hybridized carbons (Fsp3) is 0.619. The van der Waals surface area contributed by atoms with E-state index in [4.69, 9.17) is 16.3 Å². The second-order valence-electron chi connectivity index (χ2n) is 8.37. The Labute approximate surface area is 165 Å². The molecule has 27 heavy (non-hydrogen) atoms. The molecule has 1 aliphatic carbocycles. The maximum Gasteiger partial charge on any atom is 0.260 e. The van der Waals surface area contributed by atoms with Gasteiger partial charge in [0.05, 0.1) is 11.1 Å². The molecule has 1 aromatic rings. The Morgan fingerprint density at radius 1 is 1.22 bits per heavy atom. The van der Waals surface area contributed by atoms with Crippen LogP contribution in [-0.2, 0) is 9.59 Å². The Morgan fingerprint density at radius 3 is 2.63 bits per heavy atom. The Hall–Kier alpha value is -1.75. The van der Waals surface area contributed by atoms with E-state index in [1.54, 1.807) is 19.1 Å². The van der Waals surface area contributed by atoms with Crippen LogP contribution in [0.15, 0.2) is 24.3 Å². The minimum absolute atomic E-state index is 0.0121. The van der Waals surface area contributed by atoms with Crippen molar-refractivity contribution < 1.29 is 14.3 Å². The van der Waals surface area contributed by atoms with Crippen molar-refractivity contribution in [2.24, 2.45) is 5.41 Å². The summed E-state index contributed by atoms with van der Waals surface area (Å²) in [6.45, 7) is 4.53. The van der Waals surface area contributed by atoms with Gasteiger partial charge in [-0.05, 0) is 31.4 Å². The number of nitrogens with zero attached hydrogens (tertiary/aromatic N) is 2. The van der Waals surface area contributed by atoms with Gasteiger partial charge in [0, 0.05) is 31.0 Å². The molecule has 1 aromatic carbocycles. The first-order valence-corrected chi connectivity index (χ1v) is 10.3. The van der Waals surface area contributed by atoms with Crippen LogP contribution in [-0.4, -0.2) is 52.9 Å². The Morgan fingerprint density at radius 2 is 1.93 bits per heavy atom. The van der Waals surface area contributed by atoms with Gasteiger partial charge < -0.3 is 14.5 Å². The number of hydrogen-bond donors (Lipinski definition) is 0. The molecule has 0 aromatic heterocycles. The van der Waals surface area contributed by atoms with Crippen LogP contribution in [0.4, 0.5) is 0 Å². The van der Waals surface area contributed by atoms with Crippen LogP contribution in [0.2, 0.25) is 5.02 Å². The summed E-state index contributed by atoms with van der Waals surface area (Å²) in [6.07, 6.45) is 5.26. The van der Waals surface area contributed by atoms with Gasteiger partial charge in [0.1, 0.15) is 5.75 Å². The third-order valence-electron chi connectivity index (χ3n) is 6.79. The predicted molar refractivity (Wildman–Crippen MR) is 104 cm³/mol. The summed E-state index contributed by atoms with van der Waals surface area (Å²) in [4.78, 5) is 29.5. The first-order chi connectivity index (χ1) is 12.9. The van der Waals surface area contributed by atoms with Gasteiger partial charge in [0.25, 0.3) is 5.91 Å². The maximum absolute atomic E-state index is 13.1. The van der Waals surface area contributed by atoms with Gasteiger partial charge in [-0.1, -0.05) is 43.5 Å². The normalized spacial score (nSPS) is 32.2. The molecule has 0 unspecified atom stereocenters. The molecule has 2 bridgehead atoms. The Bertz CT molecular complexity index is 755. The van der Waals surface area contributed by atoms with Gasteiger partial charge in [-0.2, -0.15) is 0 Å². The molecule has 0 spiro atoms. The van der Waals surface area contributed by atoms with Crippen molar-refractivity contribution in [2.45, 2.75) is 64.1 Å². The maximum atomic E-state index is 13.1. The average Bonchev–Trinajstić information content (AvgIpc) is 2.75. The second-order valence-corrected chi connectivity index (χ2v) is 8.78. The number of carbonyl (C=O) groups excluding carboxylic acids is 2. The molecular weight excluding hydrogens is 364 g/mol. The molecule has 0 radical (unpaired) electrons. The third-order valence-corrected chi connectivity index (χ3v) is 7.10.